The summed E-state index contributed by atoms with van der Waals surface area (Å²) >= 11 is 0. The molecule has 0 atom stereocenters. The van der Waals surface area contributed by atoms with Gasteiger partial charge in [-0.3, -0.25) is 4.98 Å². The Morgan fingerprint density at radius 1 is 1.19 bits per heavy atom. The van der Waals surface area contributed by atoms with Gasteiger partial charge in [-0.2, -0.15) is 8.42 Å². The molecule has 1 fully saturated rings. The molecule has 0 aliphatic carbocycles. The summed E-state index contributed by atoms with van der Waals surface area (Å²) in [5.41, 5.74) is 4.29. The van der Waals surface area contributed by atoms with Crippen LogP contribution in [-0.2, 0) is 10.2 Å². The van der Waals surface area contributed by atoms with Gasteiger partial charge in [-0.25, -0.2) is 19.8 Å². The fourth-order valence-electron chi connectivity index (χ4n) is 3.68. The third kappa shape index (κ3) is 5.25. The van der Waals surface area contributed by atoms with Crippen molar-refractivity contribution in [3.63, 3.8) is 0 Å². The molecule has 3 N–H and O–H groups in total. The van der Waals surface area contributed by atoms with Crippen LogP contribution in [0.25, 0.3) is 23.1 Å². The third-order valence-electron chi connectivity index (χ3n) is 5.53. The number of nitrogens with zero attached hydrogens (tertiary/aromatic N) is 4. The topological polar surface area (TPSA) is 114 Å². The summed E-state index contributed by atoms with van der Waals surface area (Å²) in [6.45, 7) is 6.15. The number of anilines is 1. The molecule has 0 radical (unpaired) electrons. The Hall–Kier alpha value is -2.88. The van der Waals surface area contributed by atoms with E-state index in [1.165, 1.54) is 11.1 Å². The highest BCUT2D eigenvalue weighted by Crippen LogP contribution is 2.32. The fraction of sp³-hybridized carbons (Fsp3) is 0.318. The van der Waals surface area contributed by atoms with Crippen LogP contribution in [0.3, 0.4) is 0 Å². The number of aryl methyl sites for hydroxylation is 2. The van der Waals surface area contributed by atoms with E-state index >= 15 is 0 Å². The molecule has 3 aromatic rings. The summed E-state index contributed by atoms with van der Waals surface area (Å²) in [5.74, 6) is 1.95. The first-order valence-electron chi connectivity index (χ1n) is 10.2. The van der Waals surface area contributed by atoms with Crippen molar-refractivity contribution in [3.05, 3.63) is 59.2 Å². The van der Waals surface area contributed by atoms with E-state index in [4.69, 9.17) is 15.1 Å². The Morgan fingerprint density at radius 2 is 1.97 bits per heavy atom. The van der Waals surface area contributed by atoms with E-state index in [9.17, 15) is 8.42 Å². The lowest BCUT2D eigenvalue weighted by Crippen LogP contribution is -2.48. The van der Waals surface area contributed by atoms with Gasteiger partial charge in [0.1, 0.15) is 5.82 Å². The van der Waals surface area contributed by atoms with Crippen LogP contribution >= 0.6 is 0 Å². The summed E-state index contributed by atoms with van der Waals surface area (Å²) in [7, 11) is -3.64. The van der Waals surface area contributed by atoms with Crippen molar-refractivity contribution in [1.29, 1.82) is 0 Å². The van der Waals surface area contributed by atoms with E-state index in [0.717, 1.165) is 41.8 Å². The van der Waals surface area contributed by atoms with E-state index in [-0.39, 0.29) is 0 Å². The third-order valence-corrected chi connectivity index (χ3v) is 6.14. The number of fused-ring (bicyclic) bond motifs is 1. The molecule has 31 heavy (non-hydrogen) atoms. The Bertz CT molecular complexity index is 1220. The number of aromatic nitrogens is 3. The lowest BCUT2D eigenvalue weighted by molar-refractivity contribution is 0.382. The normalized spacial score (nSPS) is 15.0. The molecule has 8 nitrogen and oxygen atoms in total. The maximum Gasteiger partial charge on any atom is 0.274 e. The molecule has 162 valence electrons. The van der Waals surface area contributed by atoms with E-state index in [2.05, 4.69) is 40.6 Å². The minimum Gasteiger partial charge on any atom is -0.355 e. The van der Waals surface area contributed by atoms with E-state index in [1.807, 2.05) is 24.3 Å². The van der Waals surface area contributed by atoms with Crippen molar-refractivity contribution in [2.45, 2.75) is 20.3 Å². The van der Waals surface area contributed by atoms with Gasteiger partial charge >= 0.3 is 0 Å². The molecule has 0 unspecified atom stereocenters. The van der Waals surface area contributed by atoms with E-state index < -0.39 is 10.2 Å². The lowest BCUT2D eigenvalue weighted by atomic mass is 9.95. The molecule has 0 spiro atoms. The fourth-order valence-corrected chi connectivity index (χ4v) is 4.08. The Labute approximate surface area is 182 Å². The molecule has 1 saturated heterocycles. The van der Waals surface area contributed by atoms with Crippen LogP contribution in [0.15, 0.2) is 36.7 Å². The monoisotopic (exact) mass is 438 g/mol. The van der Waals surface area contributed by atoms with Crippen molar-refractivity contribution >= 4 is 39.1 Å². The number of rotatable bonds is 7. The highest BCUT2D eigenvalue weighted by atomic mass is 32.2. The zero-order valence-electron chi connectivity index (χ0n) is 17.6. The number of pyridine rings is 1. The van der Waals surface area contributed by atoms with Crippen LogP contribution in [0.5, 0.6) is 0 Å². The molecule has 2 aromatic heterocycles. The van der Waals surface area contributed by atoms with Gasteiger partial charge in [0.05, 0.1) is 5.52 Å². The molecule has 0 amide bonds. The molecular weight excluding hydrogens is 412 g/mol. The van der Waals surface area contributed by atoms with Crippen molar-refractivity contribution in [2.75, 3.05) is 24.5 Å². The van der Waals surface area contributed by atoms with Crippen LogP contribution in [0, 0.1) is 19.8 Å². The molecule has 9 heteroatoms. The van der Waals surface area contributed by atoms with Gasteiger partial charge in [-0.1, -0.05) is 6.07 Å². The average Bonchev–Trinajstić information content (AvgIpc) is 2.69. The van der Waals surface area contributed by atoms with Crippen LogP contribution in [0.2, 0.25) is 0 Å². The van der Waals surface area contributed by atoms with Crippen molar-refractivity contribution in [3.8, 4) is 0 Å². The number of nitrogens with one attached hydrogen (secondary N) is 1. The number of benzene rings is 1. The molecule has 1 aromatic carbocycles. The second kappa shape index (κ2) is 8.70. The van der Waals surface area contributed by atoms with Gasteiger partial charge in [-0.15, -0.1) is 0 Å². The number of nitrogens with two attached hydrogens (primary N) is 1. The van der Waals surface area contributed by atoms with Crippen molar-refractivity contribution in [2.24, 2.45) is 11.1 Å². The molecular formula is C22H26N6O2S. The Balaban J connectivity index is 1.58. The largest absolute Gasteiger partial charge is 0.355 e. The first kappa shape index (κ1) is 21.4. The molecule has 1 aliphatic heterocycles. The summed E-state index contributed by atoms with van der Waals surface area (Å²) in [4.78, 5) is 16.0. The summed E-state index contributed by atoms with van der Waals surface area (Å²) in [5, 5.41) is 6.03. The molecule has 1 aliphatic rings. The smallest absolute Gasteiger partial charge is 0.274 e. The quantitative estimate of drug-likeness (QED) is 0.586. The van der Waals surface area contributed by atoms with E-state index in [1.54, 1.807) is 12.4 Å². The summed E-state index contributed by atoms with van der Waals surface area (Å²) < 4.78 is 24.4. The summed E-state index contributed by atoms with van der Waals surface area (Å²) in [6, 6.07) is 8.12. The van der Waals surface area contributed by atoms with Crippen molar-refractivity contribution < 1.29 is 8.42 Å². The second-order valence-electron chi connectivity index (χ2n) is 7.98. The number of hydrogen-bond donors (Lipinski definition) is 2. The predicted molar refractivity (Wildman–Crippen MR) is 124 cm³/mol. The summed E-state index contributed by atoms with van der Waals surface area (Å²) in [6.07, 6.45) is 8.13. The zero-order chi connectivity index (χ0) is 22.0. The van der Waals surface area contributed by atoms with Crippen LogP contribution in [-0.4, -0.2) is 43.0 Å². The molecule has 3 heterocycles. The molecule has 0 bridgehead atoms. The number of hydrogen-bond acceptors (Lipinski definition) is 6. The van der Waals surface area contributed by atoms with Gasteiger partial charge in [0.25, 0.3) is 10.2 Å². The van der Waals surface area contributed by atoms with Gasteiger partial charge in [0, 0.05) is 37.4 Å². The van der Waals surface area contributed by atoms with Gasteiger partial charge in [-0.05, 0) is 73.2 Å². The van der Waals surface area contributed by atoms with Gasteiger partial charge in [0.15, 0.2) is 5.82 Å². The van der Waals surface area contributed by atoms with Crippen molar-refractivity contribution in [1.82, 2.24) is 19.7 Å². The SMILES string of the molecule is Cc1cc2nc(/C=C/c3cccnc3)nc(N3CC(CCNS(N)(=O)=O)C3)c2cc1C. The maximum atomic E-state index is 11.0. The maximum absolute atomic E-state index is 11.0. The second-order valence-corrected chi connectivity index (χ2v) is 9.36. The molecule has 4 rings (SSSR count). The minimum absolute atomic E-state index is 0.346. The Morgan fingerprint density at radius 3 is 2.68 bits per heavy atom. The van der Waals surface area contributed by atoms with Crippen LogP contribution < -0.4 is 14.8 Å². The average molecular weight is 439 g/mol. The standard InChI is InChI=1S/C22H26N6O2S/c1-15-10-19-20(11-16(15)2)26-21(6-5-17-4-3-8-24-12-17)27-22(19)28-13-18(14-28)7-9-25-31(23,29)30/h3-6,8,10-12,18,25H,7,9,13-14H2,1-2H3,(H2,23,29,30)/b6-5+. The lowest BCUT2D eigenvalue weighted by Gasteiger charge is -2.40. The predicted octanol–water partition coefficient (Wildman–Crippen LogP) is 2.43. The first-order valence-corrected chi connectivity index (χ1v) is 11.7. The minimum atomic E-state index is -3.64. The van der Waals surface area contributed by atoms with Gasteiger partial charge < -0.3 is 4.90 Å². The van der Waals surface area contributed by atoms with E-state index in [0.29, 0.717) is 18.3 Å². The zero-order valence-corrected chi connectivity index (χ0v) is 18.4. The van der Waals surface area contributed by atoms with Crippen LogP contribution in [0.1, 0.15) is 28.9 Å². The highest BCUT2D eigenvalue weighted by molar-refractivity contribution is 7.87. The first-order chi connectivity index (χ1) is 14.8. The van der Waals surface area contributed by atoms with Crippen LogP contribution in [0.4, 0.5) is 5.82 Å². The van der Waals surface area contributed by atoms with Gasteiger partial charge in [0.2, 0.25) is 0 Å². The highest BCUT2D eigenvalue weighted by Gasteiger charge is 2.29. The Kier molecular flexibility index (Phi) is 5.99. The molecule has 0 saturated carbocycles.